The lowest BCUT2D eigenvalue weighted by atomic mass is 9.95. The lowest BCUT2D eigenvalue weighted by Gasteiger charge is -2.36. The predicted molar refractivity (Wildman–Crippen MR) is 115 cm³/mol. The first-order chi connectivity index (χ1) is 14.5. The fraction of sp³-hybridized carbons (Fsp3) is 0.522. The van der Waals surface area contributed by atoms with Gasteiger partial charge in [0, 0.05) is 39.0 Å². The molecule has 1 aromatic heterocycles. The van der Waals surface area contributed by atoms with Gasteiger partial charge in [-0.3, -0.25) is 9.59 Å². The SMILES string of the molecule is Cc1nc(Cc2ccc(F)cc2)sc1C(=O)N1CCC(CN2CCCCC2=O)CC1. The normalized spacial score (nSPS) is 18.1. The van der Waals surface area contributed by atoms with E-state index in [-0.39, 0.29) is 17.6 Å². The van der Waals surface area contributed by atoms with Gasteiger partial charge in [0.05, 0.1) is 10.7 Å². The van der Waals surface area contributed by atoms with Crippen molar-refractivity contribution in [2.24, 2.45) is 5.92 Å². The molecule has 0 N–H and O–H groups in total. The second-order valence-electron chi connectivity index (χ2n) is 8.36. The highest BCUT2D eigenvalue weighted by Crippen LogP contribution is 2.26. The van der Waals surface area contributed by atoms with Gasteiger partial charge in [-0.15, -0.1) is 11.3 Å². The monoisotopic (exact) mass is 429 g/mol. The van der Waals surface area contributed by atoms with Gasteiger partial charge in [-0.05, 0) is 56.2 Å². The van der Waals surface area contributed by atoms with Crippen LogP contribution in [0.5, 0.6) is 0 Å². The molecule has 0 unspecified atom stereocenters. The number of carbonyl (C=O) groups is 2. The first kappa shape index (κ1) is 21.0. The zero-order valence-corrected chi connectivity index (χ0v) is 18.2. The molecule has 2 saturated heterocycles. The summed E-state index contributed by atoms with van der Waals surface area (Å²) in [6, 6.07) is 6.41. The van der Waals surface area contributed by atoms with Crippen LogP contribution in [0.3, 0.4) is 0 Å². The maximum atomic E-state index is 13.1. The largest absolute Gasteiger partial charge is 0.342 e. The van der Waals surface area contributed by atoms with E-state index in [9.17, 15) is 14.0 Å². The number of piperidine rings is 2. The van der Waals surface area contributed by atoms with E-state index >= 15 is 0 Å². The average molecular weight is 430 g/mol. The summed E-state index contributed by atoms with van der Waals surface area (Å²) >= 11 is 1.44. The van der Waals surface area contributed by atoms with Crippen molar-refractivity contribution in [2.45, 2.75) is 45.4 Å². The van der Waals surface area contributed by atoms with E-state index in [1.54, 1.807) is 12.1 Å². The topological polar surface area (TPSA) is 53.5 Å². The lowest BCUT2D eigenvalue weighted by molar-refractivity contribution is -0.134. The molecule has 0 radical (unpaired) electrons. The van der Waals surface area contributed by atoms with Crippen LogP contribution in [-0.2, 0) is 11.2 Å². The van der Waals surface area contributed by atoms with Crippen molar-refractivity contribution in [1.29, 1.82) is 0 Å². The summed E-state index contributed by atoms with van der Waals surface area (Å²) in [6.45, 7) is 5.07. The quantitative estimate of drug-likeness (QED) is 0.721. The molecule has 0 bridgehead atoms. The van der Waals surface area contributed by atoms with Crippen LogP contribution in [0.2, 0.25) is 0 Å². The van der Waals surface area contributed by atoms with Crippen molar-refractivity contribution in [3.8, 4) is 0 Å². The number of rotatable bonds is 5. The van der Waals surface area contributed by atoms with Gasteiger partial charge < -0.3 is 9.80 Å². The number of amides is 2. The van der Waals surface area contributed by atoms with E-state index in [1.165, 1.54) is 23.5 Å². The minimum atomic E-state index is -0.252. The molecule has 1 aromatic carbocycles. The third-order valence-corrected chi connectivity index (χ3v) is 7.25. The molecular formula is C23H28FN3O2S. The molecule has 0 aliphatic carbocycles. The summed E-state index contributed by atoms with van der Waals surface area (Å²) in [5.41, 5.74) is 1.75. The fourth-order valence-corrected chi connectivity index (χ4v) is 5.40. The zero-order chi connectivity index (χ0) is 21.1. The fourth-order valence-electron chi connectivity index (χ4n) is 4.33. The third kappa shape index (κ3) is 4.89. The molecule has 0 spiro atoms. The number of aromatic nitrogens is 1. The molecule has 3 heterocycles. The van der Waals surface area contributed by atoms with Crippen LogP contribution in [0.1, 0.15) is 58.0 Å². The van der Waals surface area contributed by atoms with Crippen molar-refractivity contribution in [1.82, 2.24) is 14.8 Å². The van der Waals surface area contributed by atoms with Crippen LogP contribution in [-0.4, -0.2) is 52.8 Å². The van der Waals surface area contributed by atoms with E-state index in [4.69, 9.17) is 0 Å². The Labute approximate surface area is 180 Å². The van der Waals surface area contributed by atoms with Crippen molar-refractivity contribution >= 4 is 23.2 Å². The maximum Gasteiger partial charge on any atom is 0.265 e. The summed E-state index contributed by atoms with van der Waals surface area (Å²) in [5, 5.41) is 0.876. The second kappa shape index (κ2) is 9.25. The Bertz CT molecular complexity index is 904. The van der Waals surface area contributed by atoms with Gasteiger partial charge in [-0.25, -0.2) is 9.37 Å². The molecule has 2 aromatic rings. The molecule has 4 rings (SSSR count). The van der Waals surface area contributed by atoms with Gasteiger partial charge in [0.1, 0.15) is 10.7 Å². The molecule has 5 nitrogen and oxygen atoms in total. The average Bonchev–Trinajstić information content (AvgIpc) is 3.11. The molecule has 2 fully saturated rings. The van der Waals surface area contributed by atoms with Crippen LogP contribution < -0.4 is 0 Å². The Kier molecular flexibility index (Phi) is 6.46. The van der Waals surface area contributed by atoms with Gasteiger partial charge in [0.15, 0.2) is 0 Å². The van der Waals surface area contributed by atoms with Crippen molar-refractivity contribution in [3.63, 3.8) is 0 Å². The Hall–Kier alpha value is -2.28. The molecule has 2 aliphatic heterocycles. The Morgan fingerprint density at radius 2 is 1.90 bits per heavy atom. The van der Waals surface area contributed by atoms with E-state index in [0.29, 0.717) is 23.6 Å². The number of benzene rings is 1. The van der Waals surface area contributed by atoms with Crippen LogP contribution in [0, 0.1) is 18.7 Å². The summed E-state index contributed by atoms with van der Waals surface area (Å²) < 4.78 is 13.1. The van der Waals surface area contributed by atoms with Gasteiger partial charge >= 0.3 is 0 Å². The number of nitrogens with zero attached hydrogens (tertiary/aromatic N) is 3. The molecule has 2 aliphatic rings. The Balaban J connectivity index is 1.33. The Morgan fingerprint density at radius 1 is 1.17 bits per heavy atom. The van der Waals surface area contributed by atoms with Gasteiger partial charge in [0.2, 0.25) is 5.91 Å². The molecule has 7 heteroatoms. The number of halogens is 1. The first-order valence-corrected chi connectivity index (χ1v) is 11.6. The summed E-state index contributed by atoms with van der Waals surface area (Å²) in [4.78, 5) is 34.3. The minimum absolute atomic E-state index is 0.0582. The molecular weight excluding hydrogens is 401 g/mol. The maximum absolute atomic E-state index is 13.1. The molecule has 2 amide bonds. The van der Waals surface area contributed by atoms with E-state index in [2.05, 4.69) is 4.98 Å². The number of thiazole rings is 1. The van der Waals surface area contributed by atoms with Crippen molar-refractivity contribution < 1.29 is 14.0 Å². The molecule has 30 heavy (non-hydrogen) atoms. The van der Waals surface area contributed by atoms with E-state index in [0.717, 1.165) is 68.1 Å². The highest BCUT2D eigenvalue weighted by Gasteiger charge is 2.29. The molecule has 160 valence electrons. The predicted octanol–water partition coefficient (Wildman–Crippen LogP) is 4.05. The Morgan fingerprint density at radius 3 is 2.60 bits per heavy atom. The number of hydrogen-bond donors (Lipinski definition) is 0. The van der Waals surface area contributed by atoms with Gasteiger partial charge in [-0.2, -0.15) is 0 Å². The number of hydrogen-bond acceptors (Lipinski definition) is 4. The third-order valence-electron chi connectivity index (χ3n) is 6.11. The van der Waals surface area contributed by atoms with Crippen LogP contribution >= 0.6 is 11.3 Å². The molecule has 0 saturated carbocycles. The summed E-state index contributed by atoms with van der Waals surface area (Å²) in [5.74, 6) is 0.572. The van der Waals surface area contributed by atoms with Crippen LogP contribution in [0.25, 0.3) is 0 Å². The summed E-state index contributed by atoms with van der Waals surface area (Å²) in [7, 11) is 0. The van der Waals surface area contributed by atoms with Crippen LogP contribution in [0.15, 0.2) is 24.3 Å². The first-order valence-electron chi connectivity index (χ1n) is 10.8. The highest BCUT2D eigenvalue weighted by molar-refractivity contribution is 7.13. The summed E-state index contributed by atoms with van der Waals surface area (Å²) in [6.07, 6.45) is 5.28. The van der Waals surface area contributed by atoms with Crippen molar-refractivity contribution in [2.75, 3.05) is 26.2 Å². The standard InChI is InChI=1S/C23H28FN3O2S/c1-16-22(30-20(25-16)14-17-5-7-19(24)8-6-17)23(29)26-12-9-18(10-13-26)15-27-11-3-2-4-21(27)28/h5-8,18H,2-4,9-15H2,1H3. The van der Waals surface area contributed by atoms with Gasteiger partial charge in [-0.1, -0.05) is 12.1 Å². The second-order valence-corrected chi connectivity index (χ2v) is 9.44. The minimum Gasteiger partial charge on any atom is -0.342 e. The smallest absolute Gasteiger partial charge is 0.265 e. The number of likely N-dealkylation sites (tertiary alicyclic amines) is 2. The lowest BCUT2D eigenvalue weighted by Crippen LogP contribution is -2.44. The van der Waals surface area contributed by atoms with Gasteiger partial charge in [0.25, 0.3) is 5.91 Å². The van der Waals surface area contributed by atoms with E-state index in [1.807, 2.05) is 16.7 Å². The molecule has 0 atom stereocenters. The number of aryl methyl sites for hydroxylation is 1. The van der Waals surface area contributed by atoms with Crippen molar-refractivity contribution in [3.05, 3.63) is 51.2 Å². The van der Waals surface area contributed by atoms with Crippen LogP contribution in [0.4, 0.5) is 4.39 Å². The van der Waals surface area contributed by atoms with E-state index < -0.39 is 0 Å². The highest BCUT2D eigenvalue weighted by atomic mass is 32.1. The number of carbonyl (C=O) groups excluding carboxylic acids is 2. The zero-order valence-electron chi connectivity index (χ0n) is 17.4.